The summed E-state index contributed by atoms with van der Waals surface area (Å²) in [5, 5.41) is 3.00. The van der Waals surface area contributed by atoms with E-state index < -0.39 is 26.6 Å². The molecule has 0 rings (SSSR count). The van der Waals surface area contributed by atoms with Gasteiger partial charge in [0.25, 0.3) is 7.82 Å². The maximum absolute atomic E-state index is 13.4. The molecule has 0 spiro atoms. The van der Waals surface area contributed by atoms with Gasteiger partial charge in [-0.2, -0.15) is 0 Å². The van der Waals surface area contributed by atoms with Crippen LogP contribution in [0.1, 0.15) is 252 Å². The molecule has 0 aliphatic heterocycles. The van der Waals surface area contributed by atoms with E-state index in [1.165, 1.54) is 128 Å². The third-order valence-electron chi connectivity index (χ3n) is 12.7. The Bertz CT molecular complexity index is 1450. The van der Waals surface area contributed by atoms with Gasteiger partial charge in [-0.15, -0.1) is 0 Å². The lowest BCUT2D eigenvalue weighted by Crippen LogP contribution is -2.47. The van der Waals surface area contributed by atoms with Crippen LogP contribution in [0.5, 0.6) is 0 Å². The highest BCUT2D eigenvalue weighted by atomic mass is 31.2. The minimum atomic E-state index is -4.70. The average Bonchev–Trinajstić information content (AvgIpc) is 3.33. The van der Waals surface area contributed by atoms with Crippen molar-refractivity contribution in [3.05, 3.63) is 72.9 Å². The number of phosphoric ester groups is 1. The van der Waals surface area contributed by atoms with E-state index in [1.807, 2.05) is 39.4 Å². The maximum atomic E-state index is 13.4. The summed E-state index contributed by atoms with van der Waals surface area (Å²) >= 11 is 0. The first-order valence-corrected chi connectivity index (χ1v) is 30.7. The van der Waals surface area contributed by atoms with Gasteiger partial charge in [-0.25, -0.2) is 0 Å². The predicted molar refractivity (Wildman–Crippen MR) is 302 cm³/mol. The number of likely N-dealkylation sites (N-methyl/N-ethyl adjacent to an activating group) is 1. The Labute approximate surface area is 438 Å². The van der Waals surface area contributed by atoms with E-state index in [2.05, 4.69) is 80.8 Å². The number of unbranched alkanes of at least 4 members (excludes halogenated alkanes) is 28. The number of esters is 1. The molecule has 0 aromatic rings. The number of allylic oxidation sites excluding steroid dienone is 11. The fourth-order valence-electron chi connectivity index (χ4n) is 8.14. The molecule has 3 unspecified atom stereocenters. The van der Waals surface area contributed by atoms with Crippen molar-refractivity contribution in [2.75, 3.05) is 40.9 Å². The Morgan fingerprint density at radius 1 is 0.521 bits per heavy atom. The highest BCUT2D eigenvalue weighted by molar-refractivity contribution is 7.45. The summed E-state index contributed by atoms with van der Waals surface area (Å²) in [5.74, 6) is -0.568. The summed E-state index contributed by atoms with van der Waals surface area (Å²) in [7, 11) is 1.16. The number of nitrogens with zero attached hydrogens (tertiary/aromatic N) is 1. The monoisotopic (exact) mass is 1010 g/mol. The van der Waals surface area contributed by atoms with Crippen LogP contribution in [0.25, 0.3) is 0 Å². The Morgan fingerprint density at radius 3 is 1.48 bits per heavy atom. The van der Waals surface area contributed by atoms with E-state index in [1.54, 1.807) is 0 Å². The summed E-state index contributed by atoms with van der Waals surface area (Å²) in [4.78, 5) is 39.8. The van der Waals surface area contributed by atoms with Gasteiger partial charge in [0.05, 0.1) is 33.8 Å². The summed E-state index contributed by atoms with van der Waals surface area (Å²) in [6.07, 6.45) is 64.4. The van der Waals surface area contributed by atoms with Crippen molar-refractivity contribution < 1.29 is 37.3 Å². The van der Waals surface area contributed by atoms with Crippen LogP contribution in [-0.2, 0) is 27.9 Å². The molecule has 0 aliphatic rings. The largest absolute Gasteiger partial charge is 0.756 e. The van der Waals surface area contributed by atoms with Crippen LogP contribution in [0, 0.1) is 0 Å². The van der Waals surface area contributed by atoms with Gasteiger partial charge in [-0.1, -0.05) is 229 Å². The minimum Gasteiger partial charge on any atom is -0.756 e. The smallest absolute Gasteiger partial charge is 0.306 e. The fourth-order valence-corrected chi connectivity index (χ4v) is 8.86. The Kier molecular flexibility index (Phi) is 49.1. The van der Waals surface area contributed by atoms with E-state index in [0.29, 0.717) is 23.9 Å². The third-order valence-corrected chi connectivity index (χ3v) is 13.6. The molecule has 0 aliphatic carbocycles. The van der Waals surface area contributed by atoms with E-state index in [9.17, 15) is 19.0 Å². The van der Waals surface area contributed by atoms with Crippen molar-refractivity contribution in [2.24, 2.45) is 0 Å². The van der Waals surface area contributed by atoms with Crippen molar-refractivity contribution >= 4 is 19.7 Å². The van der Waals surface area contributed by atoms with E-state index in [-0.39, 0.29) is 24.9 Å². The molecule has 0 radical (unpaired) electrons. The van der Waals surface area contributed by atoms with E-state index in [4.69, 9.17) is 13.8 Å². The van der Waals surface area contributed by atoms with Crippen LogP contribution in [-0.4, -0.2) is 69.4 Å². The lowest BCUT2D eigenvalue weighted by Gasteiger charge is -2.30. The third kappa shape index (κ3) is 52.1. The van der Waals surface area contributed by atoms with Gasteiger partial charge in [0.2, 0.25) is 5.91 Å². The predicted octanol–water partition coefficient (Wildman–Crippen LogP) is 17.0. The number of rotatable bonds is 52. The van der Waals surface area contributed by atoms with Crippen LogP contribution in [0.2, 0.25) is 0 Å². The second-order valence-electron chi connectivity index (χ2n) is 20.8. The standard InChI is InChI=1S/C61H111N2O7P/c1-7-10-13-16-19-22-25-27-28-29-30-31-32-33-34-36-39-42-45-48-51-54-61(65)70-59(52-49-46-43-40-37-24-21-18-15-12-9-3)58(57-69-71(66,67)68-56-55-63(4,5)6)62-60(64)53-50-47-44-41-38-35-26-23-20-17-14-11-8-2/h11,14,17,19-20,22-23,26-28,49,52,58-59H,7-10,12-13,15-16,18,21,24-25,29-48,50-51,53-57H2,1-6H3,(H-,62,64,66,67)/b14-11+,20-17+,22-19-,26-23-,28-27-,52-49-. The second kappa shape index (κ2) is 51.0. The molecule has 1 N–H and O–H groups in total. The molecule has 0 bridgehead atoms. The molecule has 71 heavy (non-hydrogen) atoms. The van der Waals surface area contributed by atoms with Gasteiger partial charge >= 0.3 is 5.97 Å². The molecule has 0 heterocycles. The van der Waals surface area contributed by atoms with Gasteiger partial charge in [-0.3, -0.25) is 14.2 Å². The summed E-state index contributed by atoms with van der Waals surface area (Å²) in [6.45, 7) is 6.66. The normalized spacial score (nSPS) is 14.3. The lowest BCUT2D eigenvalue weighted by molar-refractivity contribution is -0.870. The molecule has 0 saturated carbocycles. The van der Waals surface area contributed by atoms with E-state index in [0.717, 1.165) is 83.5 Å². The molecule has 0 saturated heterocycles. The van der Waals surface area contributed by atoms with Crippen molar-refractivity contribution in [1.29, 1.82) is 0 Å². The number of phosphoric acid groups is 1. The highest BCUT2D eigenvalue weighted by Gasteiger charge is 2.27. The SMILES string of the molecule is CC/C=C/C=C/C=C\CCCCCCCC(=O)NC(COP(=O)([O-])OCC[N+](C)(C)C)C(/C=C\CCCCCCCCCCC)OC(=O)CCCCCCCCCCCCC/C=C\C/C=C\CCCCC. The Morgan fingerprint density at radius 2 is 0.958 bits per heavy atom. The van der Waals surface area contributed by atoms with Gasteiger partial charge in [0.1, 0.15) is 19.3 Å². The zero-order valence-electron chi connectivity index (χ0n) is 46.9. The first-order valence-electron chi connectivity index (χ1n) is 29.3. The number of hydrogen-bond acceptors (Lipinski definition) is 7. The fraction of sp³-hybridized carbons (Fsp3) is 0.770. The number of quaternary nitrogens is 1. The molecular weight excluding hydrogens is 904 g/mol. The van der Waals surface area contributed by atoms with Crippen molar-refractivity contribution in [3.8, 4) is 0 Å². The zero-order valence-corrected chi connectivity index (χ0v) is 47.8. The molecule has 0 aromatic heterocycles. The molecule has 3 atom stereocenters. The van der Waals surface area contributed by atoms with Gasteiger partial charge in [0, 0.05) is 12.8 Å². The number of amides is 1. The first kappa shape index (κ1) is 68.5. The number of hydrogen-bond donors (Lipinski definition) is 1. The van der Waals surface area contributed by atoms with Gasteiger partial charge < -0.3 is 28.5 Å². The number of carbonyl (C=O) groups is 2. The van der Waals surface area contributed by atoms with Crippen LogP contribution in [0.3, 0.4) is 0 Å². The molecule has 9 nitrogen and oxygen atoms in total. The summed E-state index contributed by atoms with van der Waals surface area (Å²) in [5.41, 5.74) is 0. The van der Waals surface area contributed by atoms with Crippen LogP contribution in [0.4, 0.5) is 0 Å². The Balaban J connectivity index is 5.23. The van der Waals surface area contributed by atoms with Gasteiger partial charge in [-0.05, 0) is 83.1 Å². The molecule has 10 heteroatoms. The average molecular weight is 1020 g/mol. The maximum Gasteiger partial charge on any atom is 0.306 e. The number of carbonyl (C=O) groups excluding carboxylic acids is 2. The second-order valence-corrected chi connectivity index (χ2v) is 22.2. The van der Waals surface area contributed by atoms with Crippen LogP contribution < -0.4 is 10.2 Å². The Hall–Kier alpha value is -2.55. The zero-order chi connectivity index (χ0) is 52.2. The van der Waals surface area contributed by atoms with E-state index >= 15 is 0 Å². The van der Waals surface area contributed by atoms with Crippen molar-refractivity contribution in [2.45, 2.75) is 264 Å². The number of ether oxygens (including phenoxy) is 1. The summed E-state index contributed by atoms with van der Waals surface area (Å²) < 4.78 is 30.2. The van der Waals surface area contributed by atoms with Crippen molar-refractivity contribution in [1.82, 2.24) is 5.32 Å². The van der Waals surface area contributed by atoms with Gasteiger partial charge in [0.15, 0.2) is 0 Å². The van der Waals surface area contributed by atoms with Crippen LogP contribution >= 0.6 is 7.82 Å². The molecule has 0 fully saturated rings. The molecular formula is C61H111N2O7P. The lowest BCUT2D eigenvalue weighted by atomic mass is 10.0. The highest BCUT2D eigenvalue weighted by Crippen LogP contribution is 2.38. The molecule has 1 amide bonds. The summed E-state index contributed by atoms with van der Waals surface area (Å²) in [6, 6.07) is -0.900. The minimum absolute atomic E-state index is 0.0292. The molecule has 412 valence electrons. The number of nitrogens with one attached hydrogen (secondary N) is 1. The molecule has 0 aromatic carbocycles. The topological polar surface area (TPSA) is 114 Å². The first-order chi connectivity index (χ1) is 34.4. The van der Waals surface area contributed by atoms with Crippen molar-refractivity contribution in [3.63, 3.8) is 0 Å². The quantitative estimate of drug-likeness (QED) is 0.0161. The van der Waals surface area contributed by atoms with Crippen LogP contribution in [0.15, 0.2) is 72.9 Å².